The lowest BCUT2D eigenvalue weighted by Crippen LogP contribution is -2.47. The largest absolute Gasteiger partial charge is 0.395 e. The van der Waals surface area contributed by atoms with E-state index in [1.54, 1.807) is 19.1 Å². The molecule has 3 N–H and O–H groups in total. The fourth-order valence-corrected chi connectivity index (χ4v) is 2.71. The molecular formula is C16H26FN3O. The van der Waals surface area contributed by atoms with E-state index in [2.05, 4.69) is 9.80 Å². The molecule has 1 heterocycles. The topological polar surface area (TPSA) is 52.7 Å². The van der Waals surface area contributed by atoms with Crippen molar-refractivity contribution in [2.75, 3.05) is 45.9 Å². The van der Waals surface area contributed by atoms with Gasteiger partial charge in [0.2, 0.25) is 0 Å². The Bertz CT molecular complexity index is 447. The van der Waals surface area contributed by atoms with E-state index in [4.69, 9.17) is 10.8 Å². The Hall–Kier alpha value is -1.01. The van der Waals surface area contributed by atoms with Crippen LogP contribution in [-0.4, -0.2) is 60.8 Å². The molecular weight excluding hydrogens is 269 g/mol. The summed E-state index contributed by atoms with van der Waals surface area (Å²) >= 11 is 0. The Morgan fingerprint density at radius 1 is 1.19 bits per heavy atom. The zero-order chi connectivity index (χ0) is 15.2. The fraction of sp³-hybridized carbons (Fsp3) is 0.625. The number of benzene rings is 1. The molecule has 0 spiro atoms. The quantitative estimate of drug-likeness (QED) is 0.826. The van der Waals surface area contributed by atoms with E-state index in [9.17, 15) is 4.39 Å². The number of aliphatic hydroxyl groups is 1. The molecule has 1 aliphatic rings. The summed E-state index contributed by atoms with van der Waals surface area (Å²) < 4.78 is 13.6. The Morgan fingerprint density at radius 2 is 1.81 bits per heavy atom. The zero-order valence-corrected chi connectivity index (χ0v) is 12.8. The number of nitrogens with two attached hydrogens (primary N) is 1. The van der Waals surface area contributed by atoms with Gasteiger partial charge in [0, 0.05) is 45.3 Å². The molecule has 0 bridgehead atoms. The maximum absolute atomic E-state index is 13.6. The van der Waals surface area contributed by atoms with Gasteiger partial charge in [-0.15, -0.1) is 0 Å². The van der Waals surface area contributed by atoms with Crippen molar-refractivity contribution < 1.29 is 9.50 Å². The molecule has 0 aliphatic carbocycles. The van der Waals surface area contributed by atoms with Gasteiger partial charge < -0.3 is 15.7 Å². The van der Waals surface area contributed by atoms with Crippen molar-refractivity contribution in [1.82, 2.24) is 9.80 Å². The van der Waals surface area contributed by atoms with E-state index in [-0.39, 0.29) is 18.5 Å². The molecule has 0 amide bonds. The first-order valence-corrected chi connectivity index (χ1v) is 7.67. The minimum Gasteiger partial charge on any atom is -0.395 e. The summed E-state index contributed by atoms with van der Waals surface area (Å²) in [5.74, 6) is -0.180. The third-order valence-electron chi connectivity index (χ3n) is 4.26. The van der Waals surface area contributed by atoms with Crippen molar-refractivity contribution in [3.05, 3.63) is 35.1 Å². The van der Waals surface area contributed by atoms with Crippen LogP contribution in [-0.2, 0) is 0 Å². The highest BCUT2D eigenvalue weighted by molar-refractivity contribution is 5.25. The van der Waals surface area contributed by atoms with E-state index in [0.29, 0.717) is 5.56 Å². The van der Waals surface area contributed by atoms with Gasteiger partial charge in [0.05, 0.1) is 6.61 Å². The lowest BCUT2D eigenvalue weighted by Gasteiger charge is -2.34. The Kier molecular flexibility index (Phi) is 6.11. The lowest BCUT2D eigenvalue weighted by atomic mass is 10.0. The average molecular weight is 295 g/mol. The van der Waals surface area contributed by atoms with Crippen molar-refractivity contribution in [3.8, 4) is 0 Å². The standard InChI is InChI=1S/C16H26FN3O/c1-13-2-3-14(12-15(13)17)16(18)4-5-19-6-8-20(9-7-19)10-11-21/h2-3,12,16,21H,4-11,18H2,1H3. The van der Waals surface area contributed by atoms with E-state index >= 15 is 0 Å². The Morgan fingerprint density at radius 3 is 2.38 bits per heavy atom. The number of aliphatic hydroxyl groups excluding tert-OH is 1. The number of piperazine rings is 1. The summed E-state index contributed by atoms with van der Waals surface area (Å²) in [5.41, 5.74) is 7.70. The second kappa shape index (κ2) is 7.84. The van der Waals surface area contributed by atoms with Crippen molar-refractivity contribution in [2.24, 2.45) is 5.73 Å². The number of nitrogens with zero attached hydrogens (tertiary/aromatic N) is 2. The molecule has 1 aromatic carbocycles. The molecule has 5 heteroatoms. The fourth-order valence-electron chi connectivity index (χ4n) is 2.71. The Labute approximate surface area is 126 Å². The molecule has 0 radical (unpaired) electrons. The summed E-state index contributed by atoms with van der Waals surface area (Å²) in [4.78, 5) is 4.66. The predicted octanol–water partition coefficient (Wildman–Crippen LogP) is 1.13. The molecule has 1 fully saturated rings. The maximum Gasteiger partial charge on any atom is 0.126 e. The van der Waals surface area contributed by atoms with Gasteiger partial charge in [-0.05, 0) is 30.5 Å². The predicted molar refractivity (Wildman–Crippen MR) is 82.6 cm³/mol. The van der Waals surface area contributed by atoms with Crippen LogP contribution in [0.1, 0.15) is 23.6 Å². The second-order valence-corrected chi connectivity index (χ2v) is 5.81. The highest BCUT2D eigenvalue weighted by Gasteiger charge is 2.17. The molecule has 2 rings (SSSR count). The first-order valence-electron chi connectivity index (χ1n) is 7.67. The Balaban J connectivity index is 1.76. The average Bonchev–Trinajstić information content (AvgIpc) is 2.49. The molecule has 1 aromatic rings. The van der Waals surface area contributed by atoms with E-state index in [1.807, 2.05) is 6.07 Å². The van der Waals surface area contributed by atoms with Gasteiger partial charge in [-0.25, -0.2) is 4.39 Å². The van der Waals surface area contributed by atoms with E-state index in [0.717, 1.165) is 51.3 Å². The van der Waals surface area contributed by atoms with E-state index < -0.39 is 0 Å². The van der Waals surface area contributed by atoms with Crippen molar-refractivity contribution in [3.63, 3.8) is 0 Å². The number of hydrogen-bond donors (Lipinski definition) is 2. The van der Waals surface area contributed by atoms with Crippen LogP contribution in [0.15, 0.2) is 18.2 Å². The summed E-state index contributed by atoms with van der Waals surface area (Å²) in [5, 5.41) is 8.93. The molecule has 1 atom stereocenters. The van der Waals surface area contributed by atoms with Crippen LogP contribution in [0.3, 0.4) is 0 Å². The van der Waals surface area contributed by atoms with Gasteiger partial charge in [-0.1, -0.05) is 12.1 Å². The molecule has 1 unspecified atom stereocenters. The van der Waals surface area contributed by atoms with Gasteiger partial charge in [-0.2, -0.15) is 0 Å². The van der Waals surface area contributed by atoms with Crippen molar-refractivity contribution in [2.45, 2.75) is 19.4 Å². The molecule has 21 heavy (non-hydrogen) atoms. The number of β-amino-alcohol motifs (C(OH)–C–C–N with tert-alkyl or cyclic N) is 1. The van der Waals surface area contributed by atoms with Gasteiger partial charge in [-0.3, -0.25) is 4.90 Å². The number of aryl methyl sites for hydroxylation is 1. The number of hydrogen-bond acceptors (Lipinski definition) is 4. The SMILES string of the molecule is Cc1ccc(C(N)CCN2CCN(CCO)CC2)cc1F. The summed E-state index contributed by atoms with van der Waals surface area (Å²) in [6.45, 7) is 7.69. The van der Waals surface area contributed by atoms with E-state index in [1.165, 1.54) is 0 Å². The molecule has 1 aliphatic heterocycles. The smallest absolute Gasteiger partial charge is 0.126 e. The number of rotatable bonds is 6. The summed E-state index contributed by atoms with van der Waals surface area (Å²) in [7, 11) is 0. The highest BCUT2D eigenvalue weighted by Crippen LogP contribution is 2.18. The van der Waals surface area contributed by atoms with Crippen LogP contribution in [0.4, 0.5) is 4.39 Å². The zero-order valence-electron chi connectivity index (χ0n) is 12.8. The second-order valence-electron chi connectivity index (χ2n) is 5.81. The first-order chi connectivity index (χ1) is 10.1. The van der Waals surface area contributed by atoms with Crippen molar-refractivity contribution >= 4 is 0 Å². The highest BCUT2D eigenvalue weighted by atomic mass is 19.1. The molecule has 1 saturated heterocycles. The normalized spacial score (nSPS) is 18.9. The monoisotopic (exact) mass is 295 g/mol. The minimum absolute atomic E-state index is 0.115. The van der Waals surface area contributed by atoms with Crippen LogP contribution < -0.4 is 5.73 Å². The lowest BCUT2D eigenvalue weighted by molar-refractivity contribution is 0.110. The minimum atomic E-state index is -0.180. The molecule has 4 nitrogen and oxygen atoms in total. The third kappa shape index (κ3) is 4.74. The molecule has 118 valence electrons. The summed E-state index contributed by atoms with van der Waals surface area (Å²) in [6.07, 6.45) is 0.836. The van der Waals surface area contributed by atoms with Gasteiger partial charge in [0.1, 0.15) is 5.82 Å². The molecule has 0 saturated carbocycles. The first kappa shape index (κ1) is 16.4. The van der Waals surface area contributed by atoms with Crippen LogP contribution in [0.5, 0.6) is 0 Å². The van der Waals surface area contributed by atoms with Crippen LogP contribution in [0, 0.1) is 12.7 Å². The summed E-state index contributed by atoms with van der Waals surface area (Å²) in [6, 6.07) is 5.15. The van der Waals surface area contributed by atoms with Gasteiger partial charge in [0.25, 0.3) is 0 Å². The molecule has 0 aromatic heterocycles. The van der Waals surface area contributed by atoms with Crippen LogP contribution >= 0.6 is 0 Å². The van der Waals surface area contributed by atoms with Gasteiger partial charge in [0.15, 0.2) is 0 Å². The third-order valence-corrected chi connectivity index (χ3v) is 4.26. The maximum atomic E-state index is 13.6. The van der Waals surface area contributed by atoms with Crippen molar-refractivity contribution in [1.29, 1.82) is 0 Å². The van der Waals surface area contributed by atoms with Crippen LogP contribution in [0.25, 0.3) is 0 Å². The van der Waals surface area contributed by atoms with Crippen LogP contribution in [0.2, 0.25) is 0 Å². The number of halogens is 1. The van der Waals surface area contributed by atoms with Gasteiger partial charge >= 0.3 is 0 Å².